The molecule has 0 amide bonds. The third-order valence-electron chi connectivity index (χ3n) is 1.97. The van der Waals surface area contributed by atoms with Crippen molar-refractivity contribution < 1.29 is 8.85 Å². The minimum Gasteiger partial charge on any atom is -0.395 e. The first-order chi connectivity index (χ1) is 6.62. The average Bonchev–Trinajstić information content (AvgIpc) is 2.13. The van der Waals surface area contributed by atoms with Gasteiger partial charge in [-0.1, -0.05) is 25.8 Å². The van der Waals surface area contributed by atoms with Crippen LogP contribution in [0.5, 0.6) is 0 Å². The van der Waals surface area contributed by atoms with Crippen LogP contribution in [0.1, 0.15) is 32.6 Å². The van der Waals surface area contributed by atoms with Crippen LogP contribution >= 0.6 is 0 Å². The summed E-state index contributed by atoms with van der Waals surface area (Å²) in [6, 6.07) is 0. The fourth-order valence-electron chi connectivity index (χ4n) is 1.10. The van der Waals surface area contributed by atoms with E-state index in [0.717, 1.165) is 26.1 Å². The van der Waals surface area contributed by atoms with Crippen molar-refractivity contribution in [1.82, 2.24) is 0 Å². The third-order valence-corrected chi connectivity index (χ3v) is 3.77. The van der Waals surface area contributed by atoms with E-state index in [0.29, 0.717) is 0 Å². The van der Waals surface area contributed by atoms with Gasteiger partial charge in [-0.2, -0.15) is 0 Å². The third kappa shape index (κ3) is 8.47. The Morgan fingerprint density at radius 3 is 2.36 bits per heavy atom. The van der Waals surface area contributed by atoms with Gasteiger partial charge in [0.15, 0.2) is 0 Å². The molecule has 0 atom stereocenters. The lowest BCUT2D eigenvalue weighted by molar-refractivity contribution is 0.178. The molecule has 0 aromatic heterocycles. The summed E-state index contributed by atoms with van der Waals surface area (Å²) in [6.45, 7) is 11.7. The standard InChI is InChI=1S/C11H24O2Si/c1-5-7-9-11-13-14(3,4)12-10-8-6-2/h6H,2,5,7-11H2,1,3-4H3. The van der Waals surface area contributed by atoms with Crippen LogP contribution in [0.3, 0.4) is 0 Å². The normalized spacial score (nSPS) is 11.6. The maximum absolute atomic E-state index is 5.76. The molecule has 0 rings (SSSR count). The highest BCUT2D eigenvalue weighted by molar-refractivity contribution is 6.64. The Labute approximate surface area is 89.6 Å². The summed E-state index contributed by atoms with van der Waals surface area (Å²) in [5, 5.41) is 0. The first-order valence-corrected chi connectivity index (χ1v) is 8.33. The summed E-state index contributed by atoms with van der Waals surface area (Å²) in [7, 11) is -1.84. The molecule has 0 unspecified atom stereocenters. The van der Waals surface area contributed by atoms with Crippen molar-refractivity contribution in [3.63, 3.8) is 0 Å². The zero-order valence-electron chi connectivity index (χ0n) is 9.84. The number of unbranched alkanes of at least 4 members (excludes halogenated alkanes) is 2. The molecule has 3 heteroatoms. The van der Waals surface area contributed by atoms with Gasteiger partial charge in [0.1, 0.15) is 0 Å². The highest BCUT2D eigenvalue weighted by Crippen LogP contribution is 2.08. The van der Waals surface area contributed by atoms with Gasteiger partial charge < -0.3 is 8.85 Å². The number of hydrogen-bond acceptors (Lipinski definition) is 2. The Hall–Kier alpha value is -0.123. The van der Waals surface area contributed by atoms with E-state index in [2.05, 4.69) is 26.6 Å². The van der Waals surface area contributed by atoms with E-state index >= 15 is 0 Å². The summed E-state index contributed by atoms with van der Waals surface area (Å²) in [5.74, 6) is 0. The minimum atomic E-state index is -1.84. The molecule has 0 saturated heterocycles. The maximum atomic E-state index is 5.76. The fourth-order valence-corrected chi connectivity index (χ4v) is 2.43. The van der Waals surface area contributed by atoms with Crippen LogP contribution in [0, 0.1) is 0 Å². The first-order valence-electron chi connectivity index (χ1n) is 5.51. The van der Waals surface area contributed by atoms with Crippen LogP contribution in [0.15, 0.2) is 12.7 Å². The van der Waals surface area contributed by atoms with Crippen molar-refractivity contribution in [2.24, 2.45) is 0 Å². The molecular formula is C11H24O2Si. The predicted octanol–water partition coefficient (Wildman–Crippen LogP) is 3.49. The average molecular weight is 216 g/mol. The number of rotatable bonds is 9. The van der Waals surface area contributed by atoms with Gasteiger partial charge in [0.05, 0.1) is 0 Å². The smallest absolute Gasteiger partial charge is 0.331 e. The highest BCUT2D eigenvalue weighted by atomic mass is 28.4. The molecule has 0 aromatic carbocycles. The molecule has 0 aliphatic rings. The van der Waals surface area contributed by atoms with E-state index < -0.39 is 8.56 Å². The van der Waals surface area contributed by atoms with Crippen LogP contribution < -0.4 is 0 Å². The van der Waals surface area contributed by atoms with Crippen molar-refractivity contribution >= 4 is 8.56 Å². The Morgan fingerprint density at radius 2 is 1.79 bits per heavy atom. The van der Waals surface area contributed by atoms with E-state index in [1.165, 1.54) is 12.8 Å². The molecule has 14 heavy (non-hydrogen) atoms. The molecule has 0 aliphatic heterocycles. The van der Waals surface area contributed by atoms with Crippen LogP contribution in [0.25, 0.3) is 0 Å². The Kier molecular flexibility index (Phi) is 8.13. The molecule has 0 N–H and O–H groups in total. The molecule has 0 fully saturated rings. The SMILES string of the molecule is C=CCCO[Si](C)(C)OCCCCC. The quantitative estimate of drug-likeness (QED) is 0.334. The van der Waals surface area contributed by atoms with Crippen molar-refractivity contribution in [2.45, 2.75) is 45.7 Å². The summed E-state index contributed by atoms with van der Waals surface area (Å²) in [5.41, 5.74) is 0. The lowest BCUT2D eigenvalue weighted by Crippen LogP contribution is -2.35. The molecule has 0 radical (unpaired) electrons. The summed E-state index contributed by atoms with van der Waals surface area (Å²) in [6.07, 6.45) is 6.42. The van der Waals surface area contributed by atoms with E-state index in [1.54, 1.807) is 0 Å². The van der Waals surface area contributed by atoms with Crippen LogP contribution in [0.4, 0.5) is 0 Å². The Morgan fingerprint density at radius 1 is 1.14 bits per heavy atom. The Balaban J connectivity index is 3.45. The second-order valence-corrected chi connectivity index (χ2v) is 7.26. The van der Waals surface area contributed by atoms with E-state index in [1.807, 2.05) is 6.08 Å². The molecule has 0 aromatic rings. The van der Waals surface area contributed by atoms with E-state index in [9.17, 15) is 0 Å². The number of hydrogen-bond donors (Lipinski definition) is 0. The van der Waals surface area contributed by atoms with Crippen molar-refractivity contribution in [2.75, 3.05) is 13.2 Å². The topological polar surface area (TPSA) is 18.5 Å². The first kappa shape index (κ1) is 13.9. The van der Waals surface area contributed by atoms with Gasteiger partial charge in [-0.3, -0.25) is 0 Å². The largest absolute Gasteiger partial charge is 0.395 e. The van der Waals surface area contributed by atoms with Crippen molar-refractivity contribution in [1.29, 1.82) is 0 Å². The highest BCUT2D eigenvalue weighted by Gasteiger charge is 2.23. The molecule has 84 valence electrons. The zero-order chi connectivity index (χ0) is 10.9. The monoisotopic (exact) mass is 216 g/mol. The molecular weight excluding hydrogens is 192 g/mol. The lowest BCUT2D eigenvalue weighted by Gasteiger charge is -2.22. The van der Waals surface area contributed by atoms with E-state index in [4.69, 9.17) is 8.85 Å². The second kappa shape index (κ2) is 8.21. The molecule has 0 saturated carbocycles. The zero-order valence-corrected chi connectivity index (χ0v) is 10.8. The summed E-state index contributed by atoms with van der Waals surface area (Å²) >= 11 is 0. The van der Waals surface area contributed by atoms with E-state index in [-0.39, 0.29) is 0 Å². The molecule has 0 spiro atoms. The van der Waals surface area contributed by atoms with Crippen molar-refractivity contribution in [3.05, 3.63) is 12.7 Å². The van der Waals surface area contributed by atoms with Crippen molar-refractivity contribution in [3.8, 4) is 0 Å². The lowest BCUT2D eigenvalue weighted by atomic mass is 10.3. The van der Waals surface area contributed by atoms with Gasteiger partial charge in [-0.25, -0.2) is 0 Å². The van der Waals surface area contributed by atoms with Crippen LogP contribution in [-0.4, -0.2) is 21.8 Å². The molecule has 0 heterocycles. The second-order valence-electron chi connectivity index (χ2n) is 3.88. The molecule has 0 aliphatic carbocycles. The van der Waals surface area contributed by atoms with Gasteiger partial charge >= 0.3 is 8.56 Å². The predicted molar refractivity (Wildman–Crippen MR) is 63.7 cm³/mol. The van der Waals surface area contributed by atoms with Gasteiger partial charge in [0.2, 0.25) is 0 Å². The van der Waals surface area contributed by atoms with Gasteiger partial charge in [0.25, 0.3) is 0 Å². The van der Waals surface area contributed by atoms with Crippen LogP contribution in [-0.2, 0) is 8.85 Å². The fraction of sp³-hybridized carbons (Fsp3) is 0.818. The summed E-state index contributed by atoms with van der Waals surface area (Å²) in [4.78, 5) is 0. The summed E-state index contributed by atoms with van der Waals surface area (Å²) < 4.78 is 11.5. The van der Waals surface area contributed by atoms with Gasteiger partial charge in [-0.05, 0) is 25.9 Å². The molecule has 0 bridgehead atoms. The van der Waals surface area contributed by atoms with Gasteiger partial charge in [0, 0.05) is 13.2 Å². The Bertz CT molecular complexity index is 146. The molecule has 2 nitrogen and oxygen atoms in total. The maximum Gasteiger partial charge on any atom is 0.331 e. The van der Waals surface area contributed by atoms with Crippen LogP contribution in [0.2, 0.25) is 13.1 Å². The van der Waals surface area contributed by atoms with Gasteiger partial charge in [-0.15, -0.1) is 6.58 Å². The minimum absolute atomic E-state index is 0.747.